The van der Waals surface area contributed by atoms with Crippen LogP contribution in [-0.4, -0.2) is 12.5 Å². The molecule has 0 atom stereocenters. The van der Waals surface area contributed by atoms with Crippen LogP contribution in [0.4, 0.5) is 0 Å². The smallest absolute Gasteiger partial charge is 0.252 e. The third-order valence-electron chi connectivity index (χ3n) is 2.64. The Hall–Kier alpha value is -2.29. The van der Waals surface area contributed by atoms with E-state index in [1.54, 1.807) is 18.2 Å². The van der Waals surface area contributed by atoms with E-state index in [4.69, 9.17) is 10.5 Å². The highest BCUT2D eigenvalue weighted by Crippen LogP contribution is 2.17. The summed E-state index contributed by atoms with van der Waals surface area (Å²) >= 11 is 0. The van der Waals surface area contributed by atoms with Crippen LogP contribution in [0.25, 0.3) is 0 Å². The maximum atomic E-state index is 11.2. The summed E-state index contributed by atoms with van der Waals surface area (Å²) in [7, 11) is 0. The van der Waals surface area contributed by atoms with Gasteiger partial charge in [0.05, 0.1) is 12.2 Å². The Kier molecular flexibility index (Phi) is 3.97. The molecule has 0 aromatic heterocycles. The van der Waals surface area contributed by atoms with Crippen molar-refractivity contribution in [2.45, 2.75) is 6.42 Å². The lowest BCUT2D eigenvalue weighted by atomic mass is 10.1. The lowest BCUT2D eigenvalue weighted by Gasteiger charge is -2.09. The van der Waals surface area contributed by atoms with Crippen LogP contribution in [0.3, 0.4) is 0 Å². The van der Waals surface area contributed by atoms with Gasteiger partial charge < -0.3 is 10.5 Å². The van der Waals surface area contributed by atoms with Crippen molar-refractivity contribution in [3.8, 4) is 5.75 Å². The lowest BCUT2D eigenvalue weighted by Crippen LogP contribution is -2.13. The molecular formula is C15H15NO2. The molecule has 3 heteroatoms. The zero-order valence-corrected chi connectivity index (χ0v) is 10.0. The van der Waals surface area contributed by atoms with Gasteiger partial charge in [-0.3, -0.25) is 4.79 Å². The monoisotopic (exact) mass is 241 g/mol. The van der Waals surface area contributed by atoms with E-state index in [0.29, 0.717) is 17.9 Å². The first-order valence-electron chi connectivity index (χ1n) is 5.83. The molecule has 2 rings (SSSR count). The fourth-order valence-corrected chi connectivity index (χ4v) is 1.72. The van der Waals surface area contributed by atoms with Gasteiger partial charge in [0.25, 0.3) is 5.91 Å². The molecule has 0 aliphatic heterocycles. The second-order valence-corrected chi connectivity index (χ2v) is 3.94. The van der Waals surface area contributed by atoms with Crippen LogP contribution in [0, 0.1) is 0 Å². The highest BCUT2D eigenvalue weighted by Gasteiger charge is 2.07. The van der Waals surface area contributed by atoms with Gasteiger partial charge in [-0.05, 0) is 17.7 Å². The summed E-state index contributed by atoms with van der Waals surface area (Å²) in [6.45, 7) is 0.522. The number of para-hydroxylation sites is 1. The van der Waals surface area contributed by atoms with Gasteiger partial charge in [0, 0.05) is 6.42 Å². The summed E-state index contributed by atoms with van der Waals surface area (Å²) in [5, 5.41) is 0. The van der Waals surface area contributed by atoms with Crippen molar-refractivity contribution < 1.29 is 9.53 Å². The first-order chi connectivity index (χ1) is 8.77. The van der Waals surface area contributed by atoms with Crippen molar-refractivity contribution in [1.82, 2.24) is 0 Å². The Morgan fingerprint density at radius 3 is 2.39 bits per heavy atom. The van der Waals surface area contributed by atoms with E-state index in [1.807, 2.05) is 36.4 Å². The van der Waals surface area contributed by atoms with E-state index in [1.165, 1.54) is 5.56 Å². The normalized spacial score (nSPS) is 10.0. The molecule has 0 unspecified atom stereocenters. The number of nitrogens with two attached hydrogens (primary N) is 1. The van der Waals surface area contributed by atoms with Crippen molar-refractivity contribution in [1.29, 1.82) is 0 Å². The number of carbonyl (C=O) groups is 1. The summed E-state index contributed by atoms with van der Waals surface area (Å²) in [5.41, 5.74) is 6.90. The van der Waals surface area contributed by atoms with Crippen molar-refractivity contribution in [3.05, 3.63) is 65.7 Å². The molecule has 0 radical (unpaired) electrons. The molecule has 0 saturated heterocycles. The molecule has 0 bridgehead atoms. The number of rotatable bonds is 5. The number of carbonyl (C=O) groups excluding carboxylic acids is 1. The van der Waals surface area contributed by atoms with Crippen LogP contribution in [0.15, 0.2) is 54.6 Å². The summed E-state index contributed by atoms with van der Waals surface area (Å²) in [4.78, 5) is 11.2. The molecular weight excluding hydrogens is 226 g/mol. The molecule has 2 aromatic rings. The topological polar surface area (TPSA) is 52.3 Å². The third-order valence-corrected chi connectivity index (χ3v) is 2.64. The molecule has 2 N–H and O–H groups in total. The van der Waals surface area contributed by atoms with Crippen LogP contribution in [0.5, 0.6) is 5.75 Å². The van der Waals surface area contributed by atoms with E-state index in [0.717, 1.165) is 6.42 Å². The Balaban J connectivity index is 1.97. The fourth-order valence-electron chi connectivity index (χ4n) is 1.72. The van der Waals surface area contributed by atoms with Gasteiger partial charge in [0.15, 0.2) is 0 Å². The Morgan fingerprint density at radius 1 is 1.00 bits per heavy atom. The van der Waals surface area contributed by atoms with Gasteiger partial charge in [-0.2, -0.15) is 0 Å². The highest BCUT2D eigenvalue weighted by atomic mass is 16.5. The Morgan fingerprint density at radius 2 is 1.67 bits per heavy atom. The highest BCUT2D eigenvalue weighted by molar-refractivity contribution is 5.95. The zero-order chi connectivity index (χ0) is 12.8. The Bertz CT molecular complexity index is 523. The SMILES string of the molecule is NC(=O)c1ccccc1OCCc1ccccc1. The van der Waals surface area contributed by atoms with Gasteiger partial charge in [-0.25, -0.2) is 0 Å². The second kappa shape index (κ2) is 5.87. The van der Waals surface area contributed by atoms with Crippen LogP contribution >= 0.6 is 0 Å². The maximum Gasteiger partial charge on any atom is 0.252 e. The van der Waals surface area contributed by atoms with E-state index in [2.05, 4.69) is 0 Å². The lowest BCUT2D eigenvalue weighted by molar-refractivity contribution is 0.0996. The number of amides is 1. The average molecular weight is 241 g/mol. The molecule has 0 spiro atoms. The predicted molar refractivity (Wildman–Crippen MR) is 70.6 cm³/mol. The van der Waals surface area contributed by atoms with Crippen LogP contribution < -0.4 is 10.5 Å². The molecule has 0 aliphatic carbocycles. The molecule has 92 valence electrons. The number of primary amides is 1. The van der Waals surface area contributed by atoms with Crippen molar-refractivity contribution in [2.75, 3.05) is 6.61 Å². The van der Waals surface area contributed by atoms with Gasteiger partial charge >= 0.3 is 0 Å². The first kappa shape index (κ1) is 12.2. The average Bonchev–Trinajstić information content (AvgIpc) is 2.40. The molecule has 2 aromatic carbocycles. The van der Waals surface area contributed by atoms with Gasteiger partial charge in [0.1, 0.15) is 5.75 Å². The molecule has 0 heterocycles. The Labute approximate surface area is 106 Å². The quantitative estimate of drug-likeness (QED) is 0.874. The van der Waals surface area contributed by atoms with Crippen molar-refractivity contribution in [2.24, 2.45) is 5.73 Å². The minimum atomic E-state index is -0.467. The minimum absolute atomic E-state index is 0.422. The van der Waals surface area contributed by atoms with Crippen LogP contribution in [0.1, 0.15) is 15.9 Å². The van der Waals surface area contributed by atoms with Gasteiger partial charge in [0.2, 0.25) is 0 Å². The van der Waals surface area contributed by atoms with E-state index in [9.17, 15) is 4.79 Å². The number of ether oxygens (including phenoxy) is 1. The van der Waals surface area contributed by atoms with E-state index < -0.39 is 5.91 Å². The predicted octanol–water partition coefficient (Wildman–Crippen LogP) is 2.41. The molecule has 0 saturated carbocycles. The molecule has 3 nitrogen and oxygen atoms in total. The summed E-state index contributed by atoms with van der Waals surface area (Å²) in [6, 6.07) is 17.1. The first-order valence-corrected chi connectivity index (χ1v) is 5.83. The van der Waals surface area contributed by atoms with E-state index in [-0.39, 0.29) is 0 Å². The number of benzene rings is 2. The summed E-state index contributed by atoms with van der Waals surface area (Å²) < 4.78 is 5.60. The van der Waals surface area contributed by atoms with E-state index >= 15 is 0 Å². The van der Waals surface area contributed by atoms with Crippen LogP contribution in [0.2, 0.25) is 0 Å². The zero-order valence-electron chi connectivity index (χ0n) is 10.0. The second-order valence-electron chi connectivity index (χ2n) is 3.94. The van der Waals surface area contributed by atoms with Crippen LogP contribution in [-0.2, 0) is 6.42 Å². The maximum absolute atomic E-state index is 11.2. The van der Waals surface area contributed by atoms with Gasteiger partial charge in [-0.15, -0.1) is 0 Å². The minimum Gasteiger partial charge on any atom is -0.492 e. The molecule has 0 fully saturated rings. The third kappa shape index (κ3) is 3.10. The van der Waals surface area contributed by atoms with Crippen molar-refractivity contribution in [3.63, 3.8) is 0 Å². The number of hydrogen-bond donors (Lipinski definition) is 1. The molecule has 18 heavy (non-hydrogen) atoms. The largest absolute Gasteiger partial charge is 0.492 e. The summed E-state index contributed by atoms with van der Waals surface area (Å²) in [5.74, 6) is 0.0752. The fraction of sp³-hybridized carbons (Fsp3) is 0.133. The standard InChI is InChI=1S/C15H15NO2/c16-15(17)13-8-4-5-9-14(13)18-11-10-12-6-2-1-3-7-12/h1-9H,10-11H2,(H2,16,17). The van der Waals surface area contributed by atoms with Crippen molar-refractivity contribution >= 4 is 5.91 Å². The number of hydrogen-bond acceptors (Lipinski definition) is 2. The molecule has 0 aliphatic rings. The molecule has 1 amide bonds. The van der Waals surface area contributed by atoms with Gasteiger partial charge in [-0.1, -0.05) is 42.5 Å². The summed E-state index contributed by atoms with van der Waals surface area (Å²) in [6.07, 6.45) is 0.800.